The molecule has 0 amide bonds. The molecular formula is C30H50O12. The molecule has 0 saturated carbocycles. The number of rotatable bonds is 23. The zero-order valence-corrected chi connectivity index (χ0v) is 25.8. The summed E-state index contributed by atoms with van der Waals surface area (Å²) < 4.78 is 0. The highest BCUT2D eigenvalue weighted by atomic mass is 16.5. The van der Waals surface area contributed by atoms with Crippen LogP contribution in [0.4, 0.5) is 0 Å². The van der Waals surface area contributed by atoms with Crippen LogP contribution in [0.15, 0.2) is 0 Å². The Morgan fingerprint density at radius 3 is 0.976 bits per heavy atom. The van der Waals surface area contributed by atoms with Crippen molar-refractivity contribution in [2.24, 2.45) is 0 Å². The van der Waals surface area contributed by atoms with Gasteiger partial charge in [0.05, 0.1) is 6.61 Å². The molecule has 12 heteroatoms. The van der Waals surface area contributed by atoms with Gasteiger partial charge in [-0.2, -0.15) is 0 Å². The van der Waals surface area contributed by atoms with E-state index in [4.69, 9.17) is 0 Å². The van der Waals surface area contributed by atoms with E-state index >= 15 is 0 Å². The molecule has 42 heavy (non-hydrogen) atoms. The van der Waals surface area contributed by atoms with Crippen molar-refractivity contribution >= 4 is 34.7 Å². The summed E-state index contributed by atoms with van der Waals surface area (Å²) in [5, 5.41) is 71.2. The average Bonchev–Trinajstić information content (AvgIpc) is 2.95. The van der Waals surface area contributed by atoms with Crippen molar-refractivity contribution in [3.05, 3.63) is 0 Å². The molecule has 0 aliphatic heterocycles. The highest BCUT2D eigenvalue weighted by molar-refractivity contribution is 6.20. The van der Waals surface area contributed by atoms with Gasteiger partial charge in [-0.15, -0.1) is 0 Å². The Bertz CT molecular complexity index is 988. The normalized spacial score (nSPS) is 17.7. The first-order valence-corrected chi connectivity index (χ1v) is 14.9. The van der Waals surface area contributed by atoms with Gasteiger partial charge in [0, 0.05) is 38.5 Å². The standard InChI is InChI=1S/C30H50O12/c1-7-13-20(32)26(38,19-31)28(40,23(35)16-10-4)30(42,25(37)18-12-6)29(41,24(36)17-11-5)27(39,21(33)14-8-2)22(34)15-9-3/h31,38-42H,7-19H2,1-6H3/t26-,28+,29-,30-/m0/s1. The Balaban J connectivity index is 8.81. The summed E-state index contributed by atoms with van der Waals surface area (Å²) in [6, 6.07) is 0. The first-order chi connectivity index (χ1) is 19.4. The van der Waals surface area contributed by atoms with E-state index in [9.17, 15) is 59.4 Å². The van der Waals surface area contributed by atoms with Gasteiger partial charge >= 0.3 is 0 Å². The molecule has 4 atom stereocenters. The van der Waals surface area contributed by atoms with E-state index in [0.29, 0.717) is 0 Å². The lowest BCUT2D eigenvalue weighted by molar-refractivity contribution is -0.291. The summed E-state index contributed by atoms with van der Waals surface area (Å²) >= 11 is 0. The summed E-state index contributed by atoms with van der Waals surface area (Å²) in [7, 11) is 0. The zero-order chi connectivity index (χ0) is 33.2. The lowest BCUT2D eigenvalue weighted by Gasteiger charge is -2.57. The lowest BCUT2D eigenvalue weighted by atomic mass is 9.51. The van der Waals surface area contributed by atoms with Gasteiger partial charge in [0.25, 0.3) is 0 Å². The van der Waals surface area contributed by atoms with Gasteiger partial charge in [-0.3, -0.25) is 28.8 Å². The molecule has 0 heterocycles. The van der Waals surface area contributed by atoms with E-state index in [2.05, 4.69) is 0 Å². The third-order valence-corrected chi connectivity index (χ3v) is 7.74. The number of hydrogen-bond donors (Lipinski definition) is 6. The second-order valence-electron chi connectivity index (χ2n) is 10.9. The predicted octanol–water partition coefficient (Wildman–Crippen LogP) is 0.849. The number of Topliss-reactive ketones (excluding diaryl/α,β-unsaturated/α-hetero) is 6. The van der Waals surface area contributed by atoms with Crippen molar-refractivity contribution in [1.82, 2.24) is 0 Å². The second-order valence-corrected chi connectivity index (χ2v) is 10.9. The smallest absolute Gasteiger partial charge is 0.220 e. The molecule has 0 bridgehead atoms. The minimum absolute atomic E-state index is 0.00648. The van der Waals surface area contributed by atoms with Crippen LogP contribution in [-0.4, -0.2) is 100.0 Å². The van der Waals surface area contributed by atoms with E-state index in [0.717, 1.165) is 0 Å². The van der Waals surface area contributed by atoms with Crippen LogP contribution in [0.5, 0.6) is 0 Å². The van der Waals surface area contributed by atoms with Gasteiger partial charge in [-0.1, -0.05) is 41.5 Å². The maximum Gasteiger partial charge on any atom is 0.220 e. The molecule has 12 nitrogen and oxygen atoms in total. The number of carbonyl (C=O) groups is 6. The number of ketones is 6. The van der Waals surface area contributed by atoms with Gasteiger partial charge in [-0.25, -0.2) is 0 Å². The van der Waals surface area contributed by atoms with Crippen LogP contribution < -0.4 is 0 Å². The van der Waals surface area contributed by atoms with Crippen molar-refractivity contribution in [2.75, 3.05) is 6.61 Å². The minimum Gasteiger partial charge on any atom is -0.393 e. The molecule has 0 spiro atoms. The van der Waals surface area contributed by atoms with Gasteiger partial charge in [0.15, 0.2) is 40.3 Å². The van der Waals surface area contributed by atoms with Gasteiger partial charge in [-0.05, 0) is 38.5 Å². The third kappa shape index (κ3) is 6.20. The third-order valence-electron chi connectivity index (χ3n) is 7.74. The van der Waals surface area contributed by atoms with Crippen molar-refractivity contribution < 1.29 is 59.4 Å². The SMILES string of the molecule is CCCC(=O)C(O)(C(=O)CCC)[C@@](O)(C(=O)CCC)[C@](O)(C(=O)CCC)[C@@](O)(C(=O)CCC)[C@](O)(CO)C(=O)CCC. The number of aliphatic hydroxyl groups excluding tert-OH is 1. The molecule has 0 aromatic heterocycles. The van der Waals surface area contributed by atoms with Crippen molar-refractivity contribution in [3.63, 3.8) is 0 Å². The Labute approximate surface area is 247 Å². The number of aliphatic hydroxyl groups is 6. The monoisotopic (exact) mass is 602 g/mol. The molecule has 0 fully saturated rings. The Kier molecular flexibility index (Phi) is 15.2. The Hall–Kier alpha value is -2.22. The molecule has 0 aliphatic rings. The molecular weight excluding hydrogens is 552 g/mol. The van der Waals surface area contributed by atoms with Crippen LogP contribution in [-0.2, 0) is 28.8 Å². The molecule has 0 unspecified atom stereocenters. The quantitative estimate of drug-likeness (QED) is 0.0896. The van der Waals surface area contributed by atoms with E-state index in [1.165, 1.54) is 41.5 Å². The van der Waals surface area contributed by atoms with Crippen LogP contribution in [0.2, 0.25) is 0 Å². The van der Waals surface area contributed by atoms with Crippen LogP contribution in [0.3, 0.4) is 0 Å². The fourth-order valence-corrected chi connectivity index (χ4v) is 5.50. The topological polar surface area (TPSA) is 224 Å². The maximum absolute atomic E-state index is 14.0. The molecule has 0 aromatic rings. The summed E-state index contributed by atoms with van der Waals surface area (Å²) in [5.41, 5.74) is -20.5. The first kappa shape index (κ1) is 39.8. The summed E-state index contributed by atoms with van der Waals surface area (Å²) in [5.74, 6) is -9.44. The van der Waals surface area contributed by atoms with Crippen LogP contribution in [0.1, 0.15) is 119 Å². The molecule has 242 valence electrons. The van der Waals surface area contributed by atoms with Crippen molar-refractivity contribution in [1.29, 1.82) is 0 Å². The highest BCUT2D eigenvalue weighted by Gasteiger charge is 2.84. The predicted molar refractivity (Wildman–Crippen MR) is 151 cm³/mol. The van der Waals surface area contributed by atoms with Gasteiger partial charge < -0.3 is 30.6 Å². The Morgan fingerprint density at radius 1 is 0.405 bits per heavy atom. The van der Waals surface area contributed by atoms with Crippen LogP contribution in [0.25, 0.3) is 0 Å². The number of hydrogen-bond acceptors (Lipinski definition) is 12. The molecule has 0 aromatic carbocycles. The summed E-state index contributed by atoms with van der Waals surface area (Å²) in [6.45, 7) is 6.91. The summed E-state index contributed by atoms with van der Waals surface area (Å²) in [4.78, 5) is 82.3. The number of carbonyl (C=O) groups excluding carboxylic acids is 6. The second kappa shape index (κ2) is 16.0. The largest absolute Gasteiger partial charge is 0.393 e. The van der Waals surface area contributed by atoms with E-state index in [1.54, 1.807) is 0 Å². The van der Waals surface area contributed by atoms with Gasteiger partial charge in [0.2, 0.25) is 22.4 Å². The zero-order valence-electron chi connectivity index (χ0n) is 25.8. The van der Waals surface area contributed by atoms with E-state index in [-0.39, 0.29) is 38.5 Å². The fraction of sp³-hybridized carbons (Fsp3) is 0.800. The minimum atomic E-state index is -4.38. The first-order valence-electron chi connectivity index (χ1n) is 14.9. The molecule has 0 saturated heterocycles. The highest BCUT2D eigenvalue weighted by Crippen LogP contribution is 2.50. The van der Waals surface area contributed by atoms with Gasteiger partial charge in [0.1, 0.15) is 0 Å². The summed E-state index contributed by atoms with van der Waals surface area (Å²) in [6.07, 6.45) is -4.72. The van der Waals surface area contributed by atoms with E-state index in [1.807, 2.05) is 0 Å². The van der Waals surface area contributed by atoms with Crippen molar-refractivity contribution in [2.45, 2.75) is 147 Å². The van der Waals surface area contributed by atoms with Crippen LogP contribution >= 0.6 is 0 Å². The lowest BCUT2D eigenvalue weighted by Crippen LogP contribution is -2.90. The Morgan fingerprint density at radius 2 is 0.667 bits per heavy atom. The molecule has 0 aliphatic carbocycles. The molecule has 0 radical (unpaired) electrons. The fourth-order valence-electron chi connectivity index (χ4n) is 5.50. The average molecular weight is 603 g/mol. The molecule has 6 N–H and O–H groups in total. The maximum atomic E-state index is 14.0. The van der Waals surface area contributed by atoms with E-state index < -0.39 is 108 Å². The van der Waals surface area contributed by atoms with Crippen LogP contribution in [0, 0.1) is 0 Å². The van der Waals surface area contributed by atoms with Crippen molar-refractivity contribution in [3.8, 4) is 0 Å². The molecule has 0 rings (SSSR count).